The Morgan fingerprint density at radius 1 is 1.27 bits per heavy atom. The molecule has 0 saturated heterocycles. The molecule has 0 unspecified atom stereocenters. The van der Waals surface area contributed by atoms with Gasteiger partial charge >= 0.3 is 0 Å². The Morgan fingerprint density at radius 3 is 2.69 bits per heavy atom. The normalized spacial score (nSPS) is 10.4. The fourth-order valence-electron chi connectivity index (χ4n) is 2.66. The lowest BCUT2D eigenvalue weighted by Gasteiger charge is -2.06. The second kappa shape index (κ2) is 8.93. The highest BCUT2D eigenvalue weighted by molar-refractivity contribution is 7.09. The van der Waals surface area contributed by atoms with Crippen LogP contribution in [0.4, 0.5) is 0 Å². The summed E-state index contributed by atoms with van der Waals surface area (Å²) >= 11 is 1.46. The van der Waals surface area contributed by atoms with Gasteiger partial charge in [-0.1, -0.05) is 18.2 Å². The number of carbonyl (C=O) groups excluding carboxylic acids is 1. The van der Waals surface area contributed by atoms with Gasteiger partial charge in [-0.2, -0.15) is 5.10 Å². The summed E-state index contributed by atoms with van der Waals surface area (Å²) in [4.78, 5) is 16.6. The van der Waals surface area contributed by atoms with E-state index in [1.807, 2.05) is 48.9 Å². The van der Waals surface area contributed by atoms with Gasteiger partial charge in [-0.15, -0.1) is 23.7 Å². The molecule has 0 aliphatic rings. The zero-order chi connectivity index (χ0) is 17.8. The number of carbonyl (C=O) groups is 1. The molecule has 0 spiro atoms. The first-order valence-electron chi connectivity index (χ1n) is 8.13. The molecular weight excluding hydrogens is 370 g/mol. The van der Waals surface area contributed by atoms with Gasteiger partial charge in [0.2, 0.25) is 0 Å². The van der Waals surface area contributed by atoms with Crippen molar-refractivity contribution >= 4 is 29.7 Å². The van der Waals surface area contributed by atoms with Crippen LogP contribution in [0.1, 0.15) is 32.4 Å². The van der Waals surface area contributed by atoms with E-state index in [4.69, 9.17) is 5.73 Å². The maximum atomic E-state index is 12.3. The van der Waals surface area contributed by atoms with E-state index in [-0.39, 0.29) is 18.3 Å². The number of para-hydroxylation sites is 1. The second-order valence-electron chi connectivity index (χ2n) is 5.74. The number of aromatic nitrogens is 3. The summed E-state index contributed by atoms with van der Waals surface area (Å²) in [5.41, 5.74) is 9.92. The molecule has 1 aromatic carbocycles. The summed E-state index contributed by atoms with van der Waals surface area (Å²) in [7, 11) is 0. The van der Waals surface area contributed by atoms with Crippen molar-refractivity contribution in [2.24, 2.45) is 5.73 Å². The predicted octanol–water partition coefficient (Wildman–Crippen LogP) is 2.80. The van der Waals surface area contributed by atoms with E-state index in [1.165, 1.54) is 11.3 Å². The van der Waals surface area contributed by atoms with Crippen LogP contribution in [0.15, 0.2) is 35.7 Å². The molecule has 2 aromatic heterocycles. The van der Waals surface area contributed by atoms with Crippen LogP contribution in [0.5, 0.6) is 0 Å². The van der Waals surface area contributed by atoms with Gasteiger partial charge in [0.1, 0.15) is 5.69 Å². The van der Waals surface area contributed by atoms with E-state index in [0.29, 0.717) is 25.2 Å². The fourth-order valence-corrected chi connectivity index (χ4v) is 3.46. The minimum atomic E-state index is -0.175. The number of hydrogen-bond acceptors (Lipinski definition) is 5. The third-order valence-corrected chi connectivity index (χ3v) is 4.92. The van der Waals surface area contributed by atoms with Crippen molar-refractivity contribution in [1.82, 2.24) is 20.1 Å². The lowest BCUT2D eigenvalue weighted by Crippen LogP contribution is -2.23. The number of hydrogen-bond donors (Lipinski definition) is 2. The lowest BCUT2D eigenvalue weighted by atomic mass is 10.2. The molecule has 0 saturated carbocycles. The van der Waals surface area contributed by atoms with Crippen molar-refractivity contribution in [2.75, 3.05) is 6.54 Å². The number of benzene rings is 1. The van der Waals surface area contributed by atoms with Gasteiger partial charge < -0.3 is 11.1 Å². The van der Waals surface area contributed by atoms with Crippen LogP contribution in [0, 0.1) is 13.8 Å². The predicted molar refractivity (Wildman–Crippen MR) is 106 cm³/mol. The van der Waals surface area contributed by atoms with Crippen molar-refractivity contribution in [1.29, 1.82) is 0 Å². The molecule has 1 amide bonds. The Bertz CT molecular complexity index is 875. The highest BCUT2D eigenvalue weighted by Crippen LogP contribution is 2.18. The van der Waals surface area contributed by atoms with E-state index in [0.717, 1.165) is 27.6 Å². The monoisotopic (exact) mass is 391 g/mol. The number of rotatable bonds is 6. The van der Waals surface area contributed by atoms with E-state index in [2.05, 4.69) is 15.4 Å². The molecule has 3 aromatic rings. The molecule has 6 nitrogen and oxygen atoms in total. The third kappa shape index (κ3) is 4.30. The maximum absolute atomic E-state index is 12.3. The Morgan fingerprint density at radius 2 is 2.00 bits per heavy atom. The van der Waals surface area contributed by atoms with Crippen molar-refractivity contribution in [3.05, 3.63) is 63.4 Å². The van der Waals surface area contributed by atoms with E-state index in [1.54, 1.807) is 5.38 Å². The maximum Gasteiger partial charge on any atom is 0.271 e. The van der Waals surface area contributed by atoms with Crippen LogP contribution in [-0.4, -0.2) is 27.2 Å². The summed E-state index contributed by atoms with van der Waals surface area (Å²) in [6.45, 7) is 4.92. The number of amides is 1. The number of aryl methyl sites for hydroxylation is 1. The first-order chi connectivity index (χ1) is 12.1. The number of nitrogens with two attached hydrogens (primary N) is 1. The van der Waals surface area contributed by atoms with Gasteiger partial charge in [-0.25, -0.2) is 9.67 Å². The van der Waals surface area contributed by atoms with Crippen LogP contribution < -0.4 is 11.1 Å². The Hall–Kier alpha value is -2.22. The minimum Gasteiger partial charge on any atom is -0.346 e. The number of halogens is 1. The standard InChI is InChI=1S/C18H21N5OS.ClH/c1-12-15(13(2)23(22-12)14-6-4-3-5-7-14)10-20-18(24)16-11-25-17(21-16)8-9-19;/h3-7,11H,8-10,19H2,1-2H3,(H,20,24);1H. The molecular formula is C18H22ClN5OS. The minimum absolute atomic E-state index is 0. The Labute approximate surface area is 162 Å². The highest BCUT2D eigenvalue weighted by Gasteiger charge is 2.15. The molecule has 0 aliphatic heterocycles. The highest BCUT2D eigenvalue weighted by atomic mass is 35.5. The second-order valence-corrected chi connectivity index (χ2v) is 6.69. The Kier molecular flexibility index (Phi) is 6.90. The molecule has 0 atom stereocenters. The zero-order valence-corrected chi connectivity index (χ0v) is 16.4. The van der Waals surface area contributed by atoms with Crippen molar-refractivity contribution < 1.29 is 4.79 Å². The summed E-state index contributed by atoms with van der Waals surface area (Å²) in [5, 5.41) is 10.2. The van der Waals surface area contributed by atoms with Gasteiger partial charge in [0, 0.05) is 29.6 Å². The SMILES string of the molecule is Cc1nn(-c2ccccc2)c(C)c1CNC(=O)c1csc(CCN)n1.Cl. The molecule has 0 aliphatic carbocycles. The van der Waals surface area contributed by atoms with Crippen LogP contribution in [0.2, 0.25) is 0 Å². The number of nitrogens with one attached hydrogen (secondary N) is 1. The van der Waals surface area contributed by atoms with Gasteiger partial charge in [0.25, 0.3) is 5.91 Å². The number of nitrogens with zero attached hydrogens (tertiary/aromatic N) is 3. The average molecular weight is 392 g/mol. The summed E-state index contributed by atoms with van der Waals surface area (Å²) in [5.74, 6) is -0.175. The molecule has 26 heavy (non-hydrogen) atoms. The van der Waals surface area contributed by atoms with Gasteiger partial charge in [-0.3, -0.25) is 4.79 Å². The van der Waals surface area contributed by atoms with Crippen LogP contribution >= 0.6 is 23.7 Å². The Balaban J connectivity index is 0.00000243. The molecule has 8 heteroatoms. The van der Waals surface area contributed by atoms with Crippen LogP contribution in [-0.2, 0) is 13.0 Å². The first kappa shape index (κ1) is 20.1. The van der Waals surface area contributed by atoms with Crippen molar-refractivity contribution in [3.8, 4) is 5.69 Å². The summed E-state index contributed by atoms with van der Waals surface area (Å²) in [6.07, 6.45) is 0.694. The third-order valence-electron chi connectivity index (χ3n) is 4.01. The molecule has 2 heterocycles. The largest absolute Gasteiger partial charge is 0.346 e. The van der Waals surface area contributed by atoms with E-state index in [9.17, 15) is 4.79 Å². The molecule has 0 bridgehead atoms. The van der Waals surface area contributed by atoms with E-state index < -0.39 is 0 Å². The average Bonchev–Trinajstić information content (AvgIpc) is 3.19. The summed E-state index contributed by atoms with van der Waals surface area (Å²) in [6, 6.07) is 9.96. The molecule has 0 radical (unpaired) electrons. The zero-order valence-electron chi connectivity index (χ0n) is 14.7. The number of thiazole rings is 1. The lowest BCUT2D eigenvalue weighted by molar-refractivity contribution is 0.0946. The first-order valence-corrected chi connectivity index (χ1v) is 9.01. The topological polar surface area (TPSA) is 85.8 Å². The smallest absolute Gasteiger partial charge is 0.271 e. The van der Waals surface area contributed by atoms with Gasteiger partial charge in [-0.05, 0) is 32.5 Å². The van der Waals surface area contributed by atoms with Crippen molar-refractivity contribution in [3.63, 3.8) is 0 Å². The molecule has 3 N–H and O–H groups in total. The van der Waals surface area contributed by atoms with Crippen LogP contribution in [0.25, 0.3) is 5.69 Å². The van der Waals surface area contributed by atoms with Crippen LogP contribution in [0.3, 0.4) is 0 Å². The van der Waals surface area contributed by atoms with Crippen molar-refractivity contribution in [2.45, 2.75) is 26.8 Å². The van der Waals surface area contributed by atoms with Gasteiger partial charge in [0.05, 0.1) is 16.4 Å². The molecule has 0 fully saturated rings. The molecule has 138 valence electrons. The quantitative estimate of drug-likeness (QED) is 0.676. The summed E-state index contributed by atoms with van der Waals surface area (Å²) < 4.78 is 1.90. The fraction of sp³-hybridized carbons (Fsp3) is 0.278. The molecule has 3 rings (SSSR count). The van der Waals surface area contributed by atoms with E-state index >= 15 is 0 Å². The van der Waals surface area contributed by atoms with Gasteiger partial charge in [0.15, 0.2) is 0 Å².